The van der Waals surface area contributed by atoms with Crippen LogP contribution in [0.25, 0.3) is 115 Å². The van der Waals surface area contributed by atoms with E-state index in [-0.39, 0.29) is 0 Å². The number of benzene rings is 8. The van der Waals surface area contributed by atoms with Crippen molar-refractivity contribution in [2.24, 2.45) is 0 Å². The number of nitrogens with zero attached hydrogens (tertiary/aromatic N) is 4. The number of thiophene rings is 1. The summed E-state index contributed by atoms with van der Waals surface area (Å²) in [7, 11) is 0. The van der Waals surface area contributed by atoms with Crippen LogP contribution in [0.2, 0.25) is 0 Å². The van der Waals surface area contributed by atoms with Gasteiger partial charge >= 0.3 is 0 Å². The molecule has 0 saturated carbocycles. The normalized spacial score (nSPS) is 11.7. The Labute approximate surface area is 338 Å². The van der Waals surface area contributed by atoms with Crippen LogP contribution in [0.4, 0.5) is 0 Å². The molecule has 0 radical (unpaired) electrons. The largest absolute Gasteiger partial charge is 0.456 e. The second-order valence-electron chi connectivity index (χ2n) is 14.7. The molecule has 58 heavy (non-hydrogen) atoms. The Hall–Kier alpha value is -7.15. The molecule has 4 aromatic heterocycles. The fourth-order valence-electron chi connectivity index (χ4n) is 8.44. The lowest BCUT2D eigenvalue weighted by molar-refractivity contribution is 0.669. The van der Waals surface area contributed by atoms with E-state index < -0.39 is 0 Å². The predicted molar refractivity (Wildman–Crippen MR) is 244 cm³/mol. The minimum Gasteiger partial charge on any atom is -0.456 e. The molecule has 0 spiro atoms. The average molecular weight is 765 g/mol. The molecule has 0 saturated heterocycles. The molecular formula is C52H36N4OS. The van der Waals surface area contributed by atoms with Crippen LogP contribution in [0.15, 0.2) is 174 Å². The van der Waals surface area contributed by atoms with Crippen molar-refractivity contribution in [3.8, 4) is 39.9 Å². The molecule has 8 aromatic carbocycles. The van der Waals surface area contributed by atoms with Crippen molar-refractivity contribution >= 4 is 86.0 Å². The Morgan fingerprint density at radius 2 is 1.14 bits per heavy atom. The number of rotatable bonds is 4. The van der Waals surface area contributed by atoms with Crippen molar-refractivity contribution in [2.45, 2.75) is 20.3 Å². The third-order valence-electron chi connectivity index (χ3n) is 10.9. The van der Waals surface area contributed by atoms with Gasteiger partial charge in [-0.2, -0.15) is 9.97 Å². The van der Waals surface area contributed by atoms with E-state index in [1.807, 2.05) is 47.7 Å². The fourth-order valence-corrected chi connectivity index (χ4v) is 9.57. The second-order valence-corrected chi connectivity index (χ2v) is 15.7. The van der Waals surface area contributed by atoms with Crippen LogP contribution in [0.5, 0.6) is 0 Å². The van der Waals surface area contributed by atoms with E-state index in [9.17, 15) is 0 Å². The number of hydrogen-bond donors (Lipinski definition) is 0. The first kappa shape index (κ1) is 34.1. The van der Waals surface area contributed by atoms with Crippen LogP contribution >= 0.6 is 11.3 Å². The number of fused-ring (bicyclic) bond motifs is 11. The molecule has 0 aliphatic carbocycles. The van der Waals surface area contributed by atoms with Crippen molar-refractivity contribution in [3.05, 3.63) is 170 Å². The highest BCUT2D eigenvalue weighted by molar-refractivity contribution is 7.25. The van der Waals surface area contributed by atoms with Crippen LogP contribution in [-0.2, 0) is 0 Å². The second kappa shape index (κ2) is 13.8. The lowest BCUT2D eigenvalue weighted by Gasteiger charge is -2.13. The maximum absolute atomic E-state index is 6.34. The monoisotopic (exact) mass is 764 g/mol. The van der Waals surface area contributed by atoms with Gasteiger partial charge in [-0.15, -0.1) is 11.3 Å². The number of aromatic nitrogens is 4. The van der Waals surface area contributed by atoms with E-state index >= 15 is 0 Å². The van der Waals surface area contributed by atoms with E-state index in [4.69, 9.17) is 19.4 Å². The van der Waals surface area contributed by atoms with Gasteiger partial charge in [-0.05, 0) is 52.7 Å². The highest BCUT2D eigenvalue weighted by Crippen LogP contribution is 2.45. The molecule has 12 aromatic rings. The lowest BCUT2D eigenvalue weighted by Crippen LogP contribution is -2.07. The summed E-state index contributed by atoms with van der Waals surface area (Å²) in [5.41, 5.74) is 7.82. The molecule has 0 amide bonds. The van der Waals surface area contributed by atoms with Crippen molar-refractivity contribution < 1.29 is 4.42 Å². The summed E-state index contributed by atoms with van der Waals surface area (Å²) in [4.78, 5) is 15.8. The maximum Gasteiger partial charge on any atom is 0.238 e. The van der Waals surface area contributed by atoms with Gasteiger partial charge in [0.05, 0.1) is 11.0 Å². The highest BCUT2D eigenvalue weighted by Gasteiger charge is 2.23. The Morgan fingerprint density at radius 1 is 0.483 bits per heavy atom. The van der Waals surface area contributed by atoms with E-state index in [0.717, 1.165) is 55.0 Å². The molecule has 0 fully saturated rings. The van der Waals surface area contributed by atoms with Crippen LogP contribution in [-0.4, -0.2) is 19.5 Å². The summed E-state index contributed by atoms with van der Waals surface area (Å²) in [6.45, 7) is 4.25. The summed E-state index contributed by atoms with van der Waals surface area (Å²) in [5, 5.41) is 9.36. The van der Waals surface area contributed by atoms with Gasteiger partial charge in [0.25, 0.3) is 0 Å². The van der Waals surface area contributed by atoms with E-state index in [1.165, 1.54) is 48.3 Å². The molecule has 6 heteroatoms. The Bertz CT molecular complexity index is 3520. The zero-order valence-electron chi connectivity index (χ0n) is 32.0. The maximum atomic E-state index is 6.34. The Morgan fingerprint density at radius 3 is 2.00 bits per heavy atom. The fraction of sp³-hybridized carbons (Fsp3) is 0.0577. The standard InChI is InChI=1S/C49H28N4OS.C3H8/c1-2-13-30(14-3-1)47-50-48(31-24-26-34-33-16-6-8-21-40(33)54-41(34)28-31)52-49(51-47)53-39-27-25-29-12-4-5-15-32(29)44(39)38-20-10-19-36(46(38)53)35-18-11-23-43-45(35)37-17-7-9-22-42(37)55-43;1-3-2/h1-28H;3H2,1-2H3. The first-order valence-corrected chi connectivity index (χ1v) is 20.6. The molecule has 12 rings (SSSR count). The van der Waals surface area contributed by atoms with Crippen LogP contribution in [0.1, 0.15) is 20.3 Å². The van der Waals surface area contributed by atoms with Gasteiger partial charge in [-0.3, -0.25) is 4.57 Å². The minimum absolute atomic E-state index is 0.554. The van der Waals surface area contributed by atoms with Crippen LogP contribution in [0, 0.1) is 0 Å². The van der Waals surface area contributed by atoms with Crippen molar-refractivity contribution in [2.75, 3.05) is 0 Å². The van der Waals surface area contributed by atoms with Crippen molar-refractivity contribution in [1.29, 1.82) is 0 Å². The summed E-state index contributed by atoms with van der Waals surface area (Å²) in [6.07, 6.45) is 1.25. The van der Waals surface area contributed by atoms with Crippen molar-refractivity contribution in [1.82, 2.24) is 19.5 Å². The molecule has 0 unspecified atom stereocenters. The summed E-state index contributed by atoms with van der Waals surface area (Å²) in [6, 6.07) is 59.7. The van der Waals surface area contributed by atoms with Gasteiger partial charge in [0, 0.05) is 58.4 Å². The van der Waals surface area contributed by atoms with Gasteiger partial charge in [0.2, 0.25) is 5.95 Å². The summed E-state index contributed by atoms with van der Waals surface area (Å²) < 4.78 is 11.1. The number of hydrogen-bond acceptors (Lipinski definition) is 5. The predicted octanol–water partition coefficient (Wildman–Crippen LogP) is 14.8. The smallest absolute Gasteiger partial charge is 0.238 e. The van der Waals surface area contributed by atoms with Gasteiger partial charge in [0.15, 0.2) is 11.6 Å². The molecule has 0 N–H and O–H groups in total. The van der Waals surface area contributed by atoms with Crippen molar-refractivity contribution in [3.63, 3.8) is 0 Å². The molecule has 5 nitrogen and oxygen atoms in total. The third-order valence-corrected chi connectivity index (χ3v) is 12.0. The topological polar surface area (TPSA) is 56.7 Å². The van der Waals surface area contributed by atoms with Gasteiger partial charge < -0.3 is 4.42 Å². The molecule has 0 aliphatic heterocycles. The Balaban J connectivity index is 0.00000125. The van der Waals surface area contributed by atoms with Gasteiger partial charge in [-0.25, -0.2) is 4.98 Å². The molecule has 0 atom stereocenters. The first-order chi connectivity index (χ1) is 28.7. The van der Waals surface area contributed by atoms with E-state index in [1.54, 1.807) is 0 Å². The SMILES string of the molecule is CCC.c1ccc(-c2nc(-c3ccc4c(c3)oc3ccccc34)nc(-n3c4ccc5ccccc5c4c4cccc(-c5cccc6sc7ccccc7c56)c43)n2)cc1. The molecule has 0 aliphatic rings. The zero-order chi connectivity index (χ0) is 38.7. The zero-order valence-corrected chi connectivity index (χ0v) is 32.8. The molecule has 0 bridgehead atoms. The number of furan rings is 1. The average Bonchev–Trinajstić information content (AvgIpc) is 3.96. The minimum atomic E-state index is 0.554. The van der Waals surface area contributed by atoms with Gasteiger partial charge in [0.1, 0.15) is 11.2 Å². The third kappa shape index (κ3) is 5.41. The van der Waals surface area contributed by atoms with Crippen LogP contribution in [0.3, 0.4) is 0 Å². The van der Waals surface area contributed by atoms with E-state index in [2.05, 4.69) is 152 Å². The van der Waals surface area contributed by atoms with E-state index in [0.29, 0.717) is 17.6 Å². The van der Waals surface area contributed by atoms with Gasteiger partial charge in [-0.1, -0.05) is 154 Å². The summed E-state index contributed by atoms with van der Waals surface area (Å²) >= 11 is 1.84. The first-order valence-electron chi connectivity index (χ1n) is 19.8. The molecule has 276 valence electrons. The lowest BCUT2D eigenvalue weighted by atomic mass is 9.96. The molecule has 4 heterocycles. The van der Waals surface area contributed by atoms with Crippen LogP contribution < -0.4 is 0 Å². The summed E-state index contributed by atoms with van der Waals surface area (Å²) in [5.74, 6) is 1.73. The quantitative estimate of drug-likeness (QED) is 0.179. The highest BCUT2D eigenvalue weighted by atomic mass is 32.1. The Kier molecular flexibility index (Phi) is 8.12. The number of para-hydroxylation sites is 2. The molecular weight excluding hydrogens is 729 g/mol.